The molecule has 3 N–H and O–H groups in total. The van der Waals surface area contributed by atoms with Crippen LogP contribution in [0.15, 0.2) is 18.2 Å². The van der Waals surface area contributed by atoms with Crippen LogP contribution < -0.4 is 10.6 Å². The number of carbonyl (C=O) groups is 1. The van der Waals surface area contributed by atoms with Gasteiger partial charge in [-0.3, -0.25) is 4.79 Å². The van der Waals surface area contributed by atoms with E-state index in [9.17, 15) is 4.79 Å². The molecule has 1 heterocycles. The van der Waals surface area contributed by atoms with Gasteiger partial charge in [0.05, 0.1) is 0 Å². The Labute approximate surface area is 126 Å². The topological polar surface area (TPSA) is 66.6 Å². The summed E-state index contributed by atoms with van der Waals surface area (Å²) in [5, 5.41) is 8.95. The fourth-order valence-corrected chi connectivity index (χ4v) is 2.96. The average Bonchev–Trinajstić information content (AvgIpc) is 2.47. The fourth-order valence-electron chi connectivity index (χ4n) is 2.96. The molecule has 116 valence electrons. The Kier molecular flexibility index (Phi) is 5.23. The van der Waals surface area contributed by atoms with Crippen LogP contribution in [-0.4, -0.2) is 30.2 Å². The van der Waals surface area contributed by atoms with Crippen molar-refractivity contribution in [2.75, 3.05) is 18.0 Å². The van der Waals surface area contributed by atoms with Crippen molar-refractivity contribution in [1.29, 1.82) is 0 Å². The minimum absolute atomic E-state index is 0.384. The Morgan fingerprint density at radius 1 is 1.29 bits per heavy atom. The Morgan fingerprint density at radius 3 is 2.52 bits per heavy atom. The predicted molar refractivity (Wildman–Crippen MR) is 85.9 cm³/mol. The van der Waals surface area contributed by atoms with Gasteiger partial charge in [-0.2, -0.15) is 0 Å². The molecule has 1 fully saturated rings. The first-order valence-electron chi connectivity index (χ1n) is 7.85. The molecule has 1 aliphatic rings. The zero-order chi connectivity index (χ0) is 15.4. The second-order valence-electron chi connectivity index (χ2n) is 6.24. The first kappa shape index (κ1) is 15.8. The van der Waals surface area contributed by atoms with Crippen LogP contribution in [0.4, 0.5) is 5.69 Å². The van der Waals surface area contributed by atoms with E-state index in [1.807, 2.05) is 6.07 Å². The number of carboxylic acid groups (broad SMARTS) is 1. The molecule has 21 heavy (non-hydrogen) atoms. The fraction of sp³-hybridized carbons (Fsp3) is 0.588. The second kappa shape index (κ2) is 6.94. The van der Waals surface area contributed by atoms with Gasteiger partial charge in [-0.05, 0) is 48.8 Å². The summed E-state index contributed by atoms with van der Waals surface area (Å²) in [6.45, 7) is 6.61. The summed E-state index contributed by atoms with van der Waals surface area (Å²) in [4.78, 5) is 13.4. The van der Waals surface area contributed by atoms with Crippen LogP contribution in [0.3, 0.4) is 0 Å². The minimum Gasteiger partial charge on any atom is -0.480 e. The second-order valence-corrected chi connectivity index (χ2v) is 6.24. The number of carboxylic acids is 1. The highest BCUT2D eigenvalue weighted by atomic mass is 16.4. The standard InChI is InChI=1S/C17H26N2O2/c1-12(2)14-10-13(11-15(18)17(20)21)6-7-16(14)19-8-4-3-5-9-19/h6-7,10,12,15H,3-5,8-9,11,18H2,1-2H3,(H,20,21). The first-order valence-corrected chi connectivity index (χ1v) is 7.85. The van der Waals surface area contributed by atoms with E-state index in [0.29, 0.717) is 12.3 Å². The molecule has 0 aliphatic carbocycles. The van der Waals surface area contributed by atoms with Gasteiger partial charge >= 0.3 is 5.97 Å². The van der Waals surface area contributed by atoms with Crippen molar-refractivity contribution in [2.45, 2.75) is 51.5 Å². The zero-order valence-electron chi connectivity index (χ0n) is 13.0. The summed E-state index contributed by atoms with van der Waals surface area (Å²) in [6.07, 6.45) is 4.21. The Bertz CT molecular complexity index is 494. The normalized spacial score (nSPS) is 17.0. The molecule has 2 rings (SSSR count). The molecule has 4 nitrogen and oxygen atoms in total. The highest BCUT2D eigenvalue weighted by Crippen LogP contribution is 2.31. The van der Waals surface area contributed by atoms with Crippen LogP contribution >= 0.6 is 0 Å². The average molecular weight is 290 g/mol. The Hall–Kier alpha value is -1.55. The van der Waals surface area contributed by atoms with Gasteiger partial charge in [-0.25, -0.2) is 0 Å². The van der Waals surface area contributed by atoms with E-state index in [4.69, 9.17) is 10.8 Å². The largest absolute Gasteiger partial charge is 0.480 e. The van der Waals surface area contributed by atoms with E-state index >= 15 is 0 Å². The third-order valence-electron chi connectivity index (χ3n) is 4.18. The number of rotatable bonds is 5. The van der Waals surface area contributed by atoms with Gasteiger partial charge in [0.15, 0.2) is 0 Å². The SMILES string of the molecule is CC(C)c1cc(CC(N)C(=O)O)ccc1N1CCCCC1. The van der Waals surface area contributed by atoms with Crippen molar-refractivity contribution in [3.05, 3.63) is 29.3 Å². The Balaban J connectivity index is 2.24. The van der Waals surface area contributed by atoms with Gasteiger partial charge in [0.25, 0.3) is 0 Å². The molecule has 1 aromatic carbocycles. The molecule has 1 atom stereocenters. The van der Waals surface area contributed by atoms with Crippen LogP contribution in [0.1, 0.15) is 50.2 Å². The maximum absolute atomic E-state index is 10.9. The number of aliphatic carboxylic acids is 1. The van der Waals surface area contributed by atoms with Crippen LogP contribution in [0, 0.1) is 0 Å². The first-order chi connectivity index (χ1) is 9.99. The highest BCUT2D eigenvalue weighted by molar-refractivity contribution is 5.73. The van der Waals surface area contributed by atoms with Gasteiger partial charge in [0.2, 0.25) is 0 Å². The number of hydrogen-bond acceptors (Lipinski definition) is 3. The van der Waals surface area contributed by atoms with Gasteiger partial charge < -0.3 is 15.7 Å². The monoisotopic (exact) mass is 290 g/mol. The summed E-state index contributed by atoms with van der Waals surface area (Å²) >= 11 is 0. The van der Waals surface area contributed by atoms with E-state index in [-0.39, 0.29) is 0 Å². The number of anilines is 1. The van der Waals surface area contributed by atoms with Crippen molar-refractivity contribution in [3.8, 4) is 0 Å². The Morgan fingerprint density at radius 2 is 1.95 bits per heavy atom. The number of benzene rings is 1. The molecule has 0 bridgehead atoms. The number of nitrogens with two attached hydrogens (primary N) is 1. The quantitative estimate of drug-likeness (QED) is 0.875. The van der Waals surface area contributed by atoms with Gasteiger partial charge in [0, 0.05) is 18.8 Å². The summed E-state index contributed by atoms with van der Waals surface area (Å²) in [5.41, 5.74) is 9.26. The molecule has 4 heteroatoms. The molecule has 1 saturated heterocycles. The van der Waals surface area contributed by atoms with E-state index in [0.717, 1.165) is 18.7 Å². The lowest BCUT2D eigenvalue weighted by Gasteiger charge is -2.32. The zero-order valence-corrected chi connectivity index (χ0v) is 13.0. The summed E-state index contributed by atoms with van der Waals surface area (Å²) < 4.78 is 0. The molecule has 0 spiro atoms. The van der Waals surface area contributed by atoms with Gasteiger partial charge in [-0.1, -0.05) is 26.0 Å². The van der Waals surface area contributed by atoms with Crippen LogP contribution in [0.25, 0.3) is 0 Å². The molecular weight excluding hydrogens is 264 g/mol. The molecule has 0 saturated carbocycles. The third-order valence-corrected chi connectivity index (χ3v) is 4.18. The molecule has 0 amide bonds. The van der Waals surface area contributed by atoms with Gasteiger partial charge in [-0.15, -0.1) is 0 Å². The minimum atomic E-state index is -0.943. The van der Waals surface area contributed by atoms with Crippen molar-refractivity contribution in [1.82, 2.24) is 0 Å². The van der Waals surface area contributed by atoms with Crippen LogP contribution in [-0.2, 0) is 11.2 Å². The van der Waals surface area contributed by atoms with Crippen LogP contribution in [0.5, 0.6) is 0 Å². The lowest BCUT2D eigenvalue weighted by atomic mass is 9.94. The lowest BCUT2D eigenvalue weighted by molar-refractivity contribution is -0.138. The number of nitrogens with zero attached hydrogens (tertiary/aromatic N) is 1. The van der Waals surface area contributed by atoms with E-state index in [1.165, 1.54) is 30.5 Å². The molecule has 0 aromatic heterocycles. The van der Waals surface area contributed by atoms with Crippen molar-refractivity contribution in [2.24, 2.45) is 5.73 Å². The van der Waals surface area contributed by atoms with Crippen molar-refractivity contribution >= 4 is 11.7 Å². The van der Waals surface area contributed by atoms with Crippen molar-refractivity contribution in [3.63, 3.8) is 0 Å². The maximum Gasteiger partial charge on any atom is 0.320 e. The highest BCUT2D eigenvalue weighted by Gasteiger charge is 2.18. The number of piperidine rings is 1. The molecule has 1 aliphatic heterocycles. The van der Waals surface area contributed by atoms with Gasteiger partial charge in [0.1, 0.15) is 6.04 Å². The van der Waals surface area contributed by atoms with E-state index < -0.39 is 12.0 Å². The molecular formula is C17H26N2O2. The molecule has 1 aromatic rings. The lowest BCUT2D eigenvalue weighted by Crippen LogP contribution is -2.32. The van der Waals surface area contributed by atoms with Crippen molar-refractivity contribution < 1.29 is 9.90 Å². The summed E-state index contributed by atoms with van der Waals surface area (Å²) in [6, 6.07) is 5.48. The van der Waals surface area contributed by atoms with E-state index in [2.05, 4.69) is 30.9 Å². The van der Waals surface area contributed by atoms with E-state index in [1.54, 1.807) is 0 Å². The van der Waals surface area contributed by atoms with Crippen LogP contribution in [0.2, 0.25) is 0 Å². The summed E-state index contributed by atoms with van der Waals surface area (Å²) in [7, 11) is 0. The molecule has 0 radical (unpaired) electrons. The number of hydrogen-bond donors (Lipinski definition) is 2. The summed E-state index contributed by atoms with van der Waals surface area (Å²) in [5.74, 6) is -0.524. The smallest absolute Gasteiger partial charge is 0.320 e. The maximum atomic E-state index is 10.9. The molecule has 1 unspecified atom stereocenters. The third kappa shape index (κ3) is 3.97. The predicted octanol–water partition coefficient (Wildman–Crippen LogP) is 2.75.